The van der Waals surface area contributed by atoms with Crippen molar-refractivity contribution in [2.24, 2.45) is 0 Å². The van der Waals surface area contributed by atoms with Crippen molar-refractivity contribution in [3.8, 4) is 17.0 Å². The molecule has 4 heteroatoms. The number of nitrogens with one attached hydrogen (secondary N) is 2. The van der Waals surface area contributed by atoms with Crippen molar-refractivity contribution in [3.63, 3.8) is 0 Å². The van der Waals surface area contributed by atoms with E-state index in [1.54, 1.807) is 13.2 Å². The van der Waals surface area contributed by atoms with Gasteiger partial charge in [0.2, 0.25) is 0 Å². The van der Waals surface area contributed by atoms with Crippen LogP contribution in [0.2, 0.25) is 0 Å². The highest BCUT2D eigenvalue weighted by atomic mass is 16.5. The number of rotatable bonds is 2. The topological polar surface area (TPSA) is 57.9 Å². The molecule has 1 aromatic heterocycles. The Morgan fingerprint density at radius 1 is 1.11 bits per heavy atom. The molecule has 0 aliphatic heterocycles. The highest BCUT2D eigenvalue weighted by Gasteiger charge is 2.19. The summed E-state index contributed by atoms with van der Waals surface area (Å²) in [5.41, 5.74) is 2.73. The molecule has 0 saturated heterocycles. The Labute approximate surface area is 106 Å². The summed E-state index contributed by atoms with van der Waals surface area (Å²) in [6, 6.07) is 7.47. The smallest absolute Gasteiger partial charge is 0.264 e. The summed E-state index contributed by atoms with van der Waals surface area (Å²) in [7, 11) is 1.67. The summed E-state index contributed by atoms with van der Waals surface area (Å²) < 4.78 is 5.39. The van der Waals surface area contributed by atoms with Crippen LogP contribution in [-0.4, -0.2) is 17.3 Å². The molecule has 1 heterocycles. The zero-order chi connectivity index (χ0) is 13.3. The molecule has 4 nitrogen and oxygen atoms in total. The number of methoxy groups -OCH3 is 1. The quantitative estimate of drug-likeness (QED) is 0.856. The molecular weight excluding hydrogens is 228 g/mol. The van der Waals surface area contributed by atoms with Crippen molar-refractivity contribution in [2.75, 3.05) is 7.11 Å². The summed E-state index contributed by atoms with van der Waals surface area (Å²) in [4.78, 5) is 11.2. The van der Waals surface area contributed by atoms with E-state index in [1.807, 2.05) is 12.1 Å². The first-order valence-electron chi connectivity index (χ1n) is 5.88. The van der Waals surface area contributed by atoms with Gasteiger partial charge in [-0.05, 0) is 23.6 Å². The molecule has 0 fully saturated rings. The van der Waals surface area contributed by atoms with Crippen LogP contribution in [0.5, 0.6) is 5.75 Å². The fourth-order valence-corrected chi connectivity index (χ4v) is 1.95. The van der Waals surface area contributed by atoms with Gasteiger partial charge in [-0.25, -0.2) is 0 Å². The minimum Gasteiger partial charge on any atom is -0.496 e. The van der Waals surface area contributed by atoms with Crippen molar-refractivity contribution in [2.45, 2.75) is 26.2 Å². The number of benzene rings is 1. The van der Waals surface area contributed by atoms with E-state index in [2.05, 4.69) is 37.0 Å². The van der Waals surface area contributed by atoms with Gasteiger partial charge in [0.15, 0.2) is 0 Å². The summed E-state index contributed by atoms with van der Waals surface area (Å²) in [5.74, 6) is 0.865. The molecule has 0 saturated carbocycles. The molecule has 96 valence electrons. The summed E-state index contributed by atoms with van der Waals surface area (Å²) in [6.07, 6.45) is 0. The lowest BCUT2D eigenvalue weighted by Crippen LogP contribution is -2.12. The van der Waals surface area contributed by atoms with E-state index < -0.39 is 0 Å². The fraction of sp³-hybridized carbons (Fsp3) is 0.357. The first kappa shape index (κ1) is 12.5. The molecule has 2 rings (SSSR count). The van der Waals surface area contributed by atoms with Crippen LogP contribution in [0.1, 0.15) is 26.3 Å². The molecule has 2 aromatic rings. The molecule has 2 N–H and O–H groups in total. The van der Waals surface area contributed by atoms with E-state index in [9.17, 15) is 4.79 Å². The van der Waals surface area contributed by atoms with Crippen LogP contribution in [0.3, 0.4) is 0 Å². The van der Waals surface area contributed by atoms with Crippen molar-refractivity contribution in [1.82, 2.24) is 10.2 Å². The molecule has 18 heavy (non-hydrogen) atoms. The standard InChI is InChI=1S/C14H18N2O2/c1-14(2,3)10-7-9(5-6-12(10)18-4)11-8-13(17)16-15-11/h5-8H,1-4H3,(H2,15,16,17). The Morgan fingerprint density at radius 2 is 1.83 bits per heavy atom. The van der Waals surface area contributed by atoms with Gasteiger partial charge in [0.1, 0.15) is 5.75 Å². The van der Waals surface area contributed by atoms with E-state index in [4.69, 9.17) is 4.74 Å². The van der Waals surface area contributed by atoms with E-state index in [-0.39, 0.29) is 11.0 Å². The third-order valence-corrected chi connectivity index (χ3v) is 2.91. The minimum absolute atomic E-state index is 0.0159. The van der Waals surface area contributed by atoms with Crippen LogP contribution < -0.4 is 10.3 Å². The molecule has 0 amide bonds. The molecule has 0 atom stereocenters. The highest BCUT2D eigenvalue weighted by Crippen LogP contribution is 2.34. The predicted molar refractivity (Wildman–Crippen MR) is 72.1 cm³/mol. The number of hydrogen-bond acceptors (Lipinski definition) is 2. The van der Waals surface area contributed by atoms with Gasteiger partial charge < -0.3 is 4.74 Å². The van der Waals surface area contributed by atoms with Crippen molar-refractivity contribution >= 4 is 0 Å². The van der Waals surface area contributed by atoms with Gasteiger partial charge >= 0.3 is 0 Å². The minimum atomic E-state index is -0.127. The van der Waals surface area contributed by atoms with Crippen LogP contribution >= 0.6 is 0 Å². The zero-order valence-electron chi connectivity index (χ0n) is 11.1. The summed E-state index contributed by atoms with van der Waals surface area (Å²) in [5, 5.41) is 5.40. The summed E-state index contributed by atoms with van der Waals surface area (Å²) in [6.45, 7) is 6.40. The molecule has 0 spiro atoms. The molecule has 0 unspecified atom stereocenters. The lowest BCUT2D eigenvalue weighted by atomic mass is 9.85. The Kier molecular flexibility index (Phi) is 3.03. The van der Waals surface area contributed by atoms with Gasteiger partial charge in [0, 0.05) is 17.2 Å². The van der Waals surface area contributed by atoms with Crippen LogP contribution in [0, 0.1) is 0 Å². The van der Waals surface area contributed by atoms with E-state index >= 15 is 0 Å². The predicted octanol–water partition coefficient (Wildman–Crippen LogP) is 2.68. The number of ether oxygens (including phenoxy) is 1. The number of H-pyrrole nitrogens is 2. The van der Waals surface area contributed by atoms with Crippen LogP contribution in [0.25, 0.3) is 11.3 Å². The molecule has 0 bridgehead atoms. The average Bonchev–Trinajstić information content (AvgIpc) is 2.74. The Bertz CT molecular complexity index is 603. The second-order valence-electron chi connectivity index (χ2n) is 5.34. The maximum absolute atomic E-state index is 11.2. The van der Waals surface area contributed by atoms with E-state index in [0.29, 0.717) is 0 Å². The second-order valence-corrected chi connectivity index (χ2v) is 5.34. The van der Waals surface area contributed by atoms with Crippen LogP contribution in [0.15, 0.2) is 29.1 Å². The molecular formula is C14H18N2O2. The maximum Gasteiger partial charge on any atom is 0.264 e. The number of hydrogen-bond donors (Lipinski definition) is 2. The van der Waals surface area contributed by atoms with Crippen LogP contribution in [0.4, 0.5) is 0 Å². The maximum atomic E-state index is 11.2. The Hall–Kier alpha value is -1.97. The van der Waals surface area contributed by atoms with Crippen molar-refractivity contribution in [1.29, 1.82) is 0 Å². The summed E-state index contributed by atoms with van der Waals surface area (Å²) >= 11 is 0. The average molecular weight is 246 g/mol. The molecule has 0 radical (unpaired) electrons. The number of aromatic nitrogens is 2. The zero-order valence-corrected chi connectivity index (χ0v) is 11.1. The van der Waals surface area contributed by atoms with Crippen LogP contribution in [-0.2, 0) is 5.41 Å². The lowest BCUT2D eigenvalue weighted by molar-refractivity contribution is 0.397. The van der Waals surface area contributed by atoms with Gasteiger partial charge in [-0.3, -0.25) is 15.0 Å². The van der Waals surface area contributed by atoms with Gasteiger partial charge in [-0.1, -0.05) is 20.8 Å². The molecule has 1 aromatic carbocycles. The van der Waals surface area contributed by atoms with Gasteiger partial charge in [-0.2, -0.15) is 0 Å². The van der Waals surface area contributed by atoms with Gasteiger partial charge in [0.05, 0.1) is 12.8 Å². The number of aromatic amines is 2. The monoisotopic (exact) mass is 246 g/mol. The Morgan fingerprint density at radius 3 is 2.33 bits per heavy atom. The third kappa shape index (κ3) is 2.32. The third-order valence-electron chi connectivity index (χ3n) is 2.91. The van der Waals surface area contributed by atoms with Gasteiger partial charge in [-0.15, -0.1) is 0 Å². The van der Waals surface area contributed by atoms with Gasteiger partial charge in [0.25, 0.3) is 5.56 Å². The second kappa shape index (κ2) is 4.37. The normalized spacial score (nSPS) is 11.6. The van der Waals surface area contributed by atoms with Crippen molar-refractivity contribution < 1.29 is 4.74 Å². The Balaban J connectivity index is 2.56. The largest absolute Gasteiger partial charge is 0.496 e. The van der Waals surface area contributed by atoms with E-state index in [0.717, 1.165) is 22.6 Å². The van der Waals surface area contributed by atoms with Crippen molar-refractivity contribution in [3.05, 3.63) is 40.2 Å². The fourth-order valence-electron chi connectivity index (χ4n) is 1.95. The first-order valence-corrected chi connectivity index (χ1v) is 5.88. The lowest BCUT2D eigenvalue weighted by Gasteiger charge is -2.22. The SMILES string of the molecule is COc1ccc(-c2cc(=O)[nH][nH]2)cc1C(C)(C)C. The highest BCUT2D eigenvalue weighted by molar-refractivity contribution is 5.62. The molecule has 0 aliphatic carbocycles. The van der Waals surface area contributed by atoms with E-state index in [1.165, 1.54) is 0 Å². The molecule has 0 aliphatic rings. The first-order chi connectivity index (χ1) is 8.41.